The van der Waals surface area contributed by atoms with Gasteiger partial charge in [-0.1, -0.05) is 19.1 Å². The number of nitrogens with zero attached hydrogens (tertiary/aromatic N) is 1. The molecule has 1 aliphatic heterocycles. The number of hydrogen-bond acceptors (Lipinski definition) is 2. The number of benzene rings is 2. The minimum absolute atomic E-state index is 0.277. The van der Waals surface area contributed by atoms with Gasteiger partial charge in [-0.15, -0.1) is 0 Å². The molecule has 0 unspecified atom stereocenters. The lowest BCUT2D eigenvalue weighted by Gasteiger charge is -2.26. The van der Waals surface area contributed by atoms with Gasteiger partial charge in [0.05, 0.1) is 11.4 Å². The molecule has 0 atom stereocenters. The maximum absolute atomic E-state index is 13.5. The molecule has 0 radical (unpaired) electrons. The Morgan fingerprint density at radius 1 is 1.16 bits per heavy atom. The molecule has 1 aromatic heterocycles. The lowest BCUT2D eigenvalue weighted by atomic mass is 10.0. The standard InChI is InChI=1S/C19H19FN2O2S/c1-2-13-3-6-15(7-4-13)25(23,24)22-10-9-16-17-11-14(20)5-8-18(17)21-19(16)12-22/h3-8,11,21H,2,9-10,12H2,1H3. The number of sulfonamides is 1. The van der Waals surface area contributed by atoms with E-state index < -0.39 is 10.0 Å². The van der Waals surface area contributed by atoms with Crippen LogP contribution in [0.15, 0.2) is 47.4 Å². The molecule has 4 nitrogen and oxygen atoms in total. The van der Waals surface area contributed by atoms with Crippen molar-refractivity contribution in [2.45, 2.75) is 31.2 Å². The zero-order valence-corrected chi connectivity index (χ0v) is 14.7. The molecular formula is C19H19FN2O2S. The van der Waals surface area contributed by atoms with Crippen molar-refractivity contribution in [2.24, 2.45) is 0 Å². The maximum atomic E-state index is 13.5. The van der Waals surface area contributed by atoms with Crippen LogP contribution in [-0.2, 0) is 29.4 Å². The highest BCUT2D eigenvalue weighted by molar-refractivity contribution is 7.89. The van der Waals surface area contributed by atoms with E-state index in [1.165, 1.54) is 16.4 Å². The number of nitrogens with one attached hydrogen (secondary N) is 1. The largest absolute Gasteiger partial charge is 0.357 e. The van der Waals surface area contributed by atoms with Crippen molar-refractivity contribution < 1.29 is 12.8 Å². The molecule has 4 rings (SSSR count). The van der Waals surface area contributed by atoms with E-state index in [4.69, 9.17) is 0 Å². The Kier molecular flexibility index (Phi) is 3.89. The molecule has 25 heavy (non-hydrogen) atoms. The van der Waals surface area contributed by atoms with Gasteiger partial charge in [0.2, 0.25) is 10.0 Å². The van der Waals surface area contributed by atoms with E-state index in [0.717, 1.165) is 34.1 Å². The maximum Gasteiger partial charge on any atom is 0.243 e. The lowest BCUT2D eigenvalue weighted by Crippen LogP contribution is -2.35. The molecule has 1 N–H and O–H groups in total. The number of fused-ring (bicyclic) bond motifs is 3. The van der Waals surface area contributed by atoms with Gasteiger partial charge in [0.15, 0.2) is 0 Å². The summed E-state index contributed by atoms with van der Waals surface area (Å²) in [5.41, 5.74) is 3.82. The minimum atomic E-state index is -3.54. The first kappa shape index (κ1) is 16.3. The van der Waals surface area contributed by atoms with Crippen LogP contribution in [0.3, 0.4) is 0 Å². The molecule has 2 heterocycles. The molecule has 0 fully saturated rings. The summed E-state index contributed by atoms with van der Waals surface area (Å²) in [7, 11) is -3.54. The van der Waals surface area contributed by atoms with Crippen molar-refractivity contribution in [2.75, 3.05) is 6.54 Å². The molecule has 1 aliphatic rings. The van der Waals surface area contributed by atoms with E-state index >= 15 is 0 Å². The van der Waals surface area contributed by atoms with Crippen molar-refractivity contribution in [3.63, 3.8) is 0 Å². The SMILES string of the molecule is CCc1ccc(S(=O)(=O)N2CCc3c([nH]c4ccc(F)cc34)C2)cc1. The van der Waals surface area contributed by atoms with Gasteiger partial charge in [-0.05, 0) is 54.3 Å². The molecule has 6 heteroatoms. The van der Waals surface area contributed by atoms with Gasteiger partial charge in [0.25, 0.3) is 0 Å². The summed E-state index contributed by atoms with van der Waals surface area (Å²) in [6.45, 7) is 2.71. The first-order valence-electron chi connectivity index (χ1n) is 8.37. The van der Waals surface area contributed by atoms with Crippen molar-refractivity contribution >= 4 is 20.9 Å². The van der Waals surface area contributed by atoms with E-state index in [1.54, 1.807) is 18.2 Å². The molecule has 130 valence electrons. The van der Waals surface area contributed by atoms with Crippen LogP contribution in [0, 0.1) is 5.82 Å². The van der Waals surface area contributed by atoms with Crippen LogP contribution in [0.2, 0.25) is 0 Å². The van der Waals surface area contributed by atoms with Crippen molar-refractivity contribution in [1.82, 2.24) is 9.29 Å². The fraction of sp³-hybridized carbons (Fsp3) is 0.263. The normalized spacial score (nSPS) is 15.4. The van der Waals surface area contributed by atoms with Crippen LogP contribution in [0.5, 0.6) is 0 Å². The molecule has 2 aromatic carbocycles. The third-order valence-corrected chi connectivity index (χ3v) is 6.73. The zero-order chi connectivity index (χ0) is 17.6. The van der Waals surface area contributed by atoms with Gasteiger partial charge in [0, 0.05) is 23.1 Å². The highest BCUT2D eigenvalue weighted by atomic mass is 32.2. The first-order chi connectivity index (χ1) is 12.0. The fourth-order valence-corrected chi connectivity index (χ4v) is 4.85. The van der Waals surface area contributed by atoms with Crippen LogP contribution < -0.4 is 0 Å². The van der Waals surface area contributed by atoms with E-state index in [0.29, 0.717) is 17.9 Å². The predicted molar refractivity (Wildman–Crippen MR) is 95.4 cm³/mol. The molecule has 0 aliphatic carbocycles. The zero-order valence-electron chi connectivity index (χ0n) is 13.9. The highest BCUT2D eigenvalue weighted by Gasteiger charge is 2.30. The predicted octanol–water partition coefficient (Wildman–Crippen LogP) is 3.62. The van der Waals surface area contributed by atoms with E-state index in [-0.39, 0.29) is 12.4 Å². The van der Waals surface area contributed by atoms with Crippen LogP contribution in [0.4, 0.5) is 4.39 Å². The molecule has 0 saturated carbocycles. The van der Waals surface area contributed by atoms with E-state index in [9.17, 15) is 12.8 Å². The molecule has 0 bridgehead atoms. The second-order valence-corrected chi connectivity index (χ2v) is 8.30. The smallest absolute Gasteiger partial charge is 0.243 e. The van der Waals surface area contributed by atoms with Gasteiger partial charge >= 0.3 is 0 Å². The summed E-state index contributed by atoms with van der Waals surface area (Å²) >= 11 is 0. The van der Waals surface area contributed by atoms with Gasteiger partial charge in [-0.2, -0.15) is 4.31 Å². The van der Waals surface area contributed by atoms with E-state index in [2.05, 4.69) is 4.98 Å². The number of hydrogen-bond donors (Lipinski definition) is 1. The molecule has 0 amide bonds. The van der Waals surface area contributed by atoms with Crippen LogP contribution >= 0.6 is 0 Å². The lowest BCUT2D eigenvalue weighted by molar-refractivity contribution is 0.388. The summed E-state index contributed by atoms with van der Waals surface area (Å²) in [4.78, 5) is 3.56. The number of aromatic amines is 1. The number of rotatable bonds is 3. The van der Waals surface area contributed by atoms with Crippen molar-refractivity contribution in [3.05, 3.63) is 65.1 Å². The first-order valence-corrected chi connectivity index (χ1v) is 9.81. The van der Waals surface area contributed by atoms with Crippen molar-refractivity contribution in [3.8, 4) is 0 Å². The average Bonchev–Trinajstić information content (AvgIpc) is 2.98. The molecular weight excluding hydrogens is 339 g/mol. The Balaban J connectivity index is 1.68. The monoisotopic (exact) mass is 358 g/mol. The number of aryl methyl sites for hydroxylation is 1. The van der Waals surface area contributed by atoms with Gasteiger partial charge in [0.1, 0.15) is 5.82 Å². The molecule has 0 saturated heterocycles. The van der Waals surface area contributed by atoms with Crippen molar-refractivity contribution in [1.29, 1.82) is 0 Å². The molecule has 0 spiro atoms. The third kappa shape index (κ3) is 2.75. The quantitative estimate of drug-likeness (QED) is 0.777. The second-order valence-electron chi connectivity index (χ2n) is 6.36. The van der Waals surface area contributed by atoms with Gasteiger partial charge in [-0.3, -0.25) is 0 Å². The van der Waals surface area contributed by atoms with Gasteiger partial charge in [-0.25, -0.2) is 12.8 Å². The average molecular weight is 358 g/mol. The number of halogens is 1. The Morgan fingerprint density at radius 2 is 1.92 bits per heavy atom. The topological polar surface area (TPSA) is 53.2 Å². The number of aromatic nitrogens is 1. The summed E-state index contributed by atoms with van der Waals surface area (Å²) in [6.07, 6.45) is 1.45. The minimum Gasteiger partial charge on any atom is -0.357 e. The fourth-order valence-electron chi connectivity index (χ4n) is 3.44. The Morgan fingerprint density at radius 3 is 2.64 bits per heavy atom. The van der Waals surface area contributed by atoms with Crippen LogP contribution in [0.25, 0.3) is 10.9 Å². The number of H-pyrrole nitrogens is 1. The summed E-state index contributed by atoms with van der Waals surface area (Å²) in [5.74, 6) is -0.277. The molecule has 3 aromatic rings. The van der Waals surface area contributed by atoms with E-state index in [1.807, 2.05) is 19.1 Å². The Bertz CT molecular complexity index is 1040. The Hall–Kier alpha value is -2.18. The van der Waals surface area contributed by atoms with Crippen LogP contribution in [-0.4, -0.2) is 24.3 Å². The summed E-state index contributed by atoms with van der Waals surface area (Å²) in [5, 5.41) is 0.847. The highest BCUT2D eigenvalue weighted by Crippen LogP contribution is 2.30. The Labute approximate surface area is 146 Å². The summed E-state index contributed by atoms with van der Waals surface area (Å²) < 4.78 is 40.8. The van der Waals surface area contributed by atoms with Crippen LogP contribution in [0.1, 0.15) is 23.7 Å². The third-order valence-electron chi connectivity index (χ3n) is 4.87. The van der Waals surface area contributed by atoms with Gasteiger partial charge < -0.3 is 4.98 Å². The second kappa shape index (κ2) is 5.97. The summed E-state index contributed by atoms with van der Waals surface area (Å²) in [6, 6.07) is 11.7.